The topological polar surface area (TPSA) is 27.7 Å². The van der Waals surface area contributed by atoms with Gasteiger partial charge >= 0.3 is 0 Å². The molecule has 3 heteroatoms. The first-order valence-electron chi connectivity index (χ1n) is 21.6. The molecule has 53 heavy (non-hydrogen) atoms. The Morgan fingerprint density at radius 2 is 0.415 bits per heavy atom. The molecule has 0 bridgehead atoms. The van der Waals surface area contributed by atoms with E-state index in [1.165, 1.54) is 116 Å². The molecule has 2 unspecified atom stereocenters. The summed E-state index contributed by atoms with van der Waals surface area (Å²) in [6, 6.07) is 0. The molecule has 3 nitrogen and oxygen atoms in total. The molecule has 328 valence electrons. The van der Waals surface area contributed by atoms with Crippen molar-refractivity contribution in [3.8, 4) is 0 Å². The summed E-state index contributed by atoms with van der Waals surface area (Å²) >= 11 is 0. The predicted molar refractivity (Wildman–Crippen MR) is 245 cm³/mol. The molecule has 0 aromatic heterocycles. The van der Waals surface area contributed by atoms with Crippen LogP contribution < -0.4 is 0 Å². The summed E-state index contributed by atoms with van der Waals surface area (Å²) < 4.78 is 15.7. The molecule has 6 fully saturated rings. The summed E-state index contributed by atoms with van der Waals surface area (Å²) in [5, 5.41) is 0. The monoisotopic (exact) mass is 759 g/mol. The highest BCUT2D eigenvalue weighted by atomic mass is 16.7. The Labute approximate surface area is 340 Å². The Bertz CT molecular complexity index is 462. The SMILES string of the molecule is C.C.C.C.C.CC1CCC(C)CC1.CC1CCC(C)CC1.CC1CCC(C)CC1.CC1CCC(C)CC1.CC1CCC(C)OC1.CC1COC(C)OC1. The van der Waals surface area contributed by atoms with E-state index < -0.39 is 0 Å². The molecule has 6 rings (SSSR count). The molecule has 2 saturated heterocycles. The fourth-order valence-electron chi connectivity index (χ4n) is 7.42. The lowest BCUT2D eigenvalue weighted by Gasteiger charge is -2.24. The number of hydrogen-bond donors (Lipinski definition) is 0. The molecule has 0 aromatic rings. The van der Waals surface area contributed by atoms with E-state index in [2.05, 4.69) is 76.2 Å². The van der Waals surface area contributed by atoms with E-state index in [4.69, 9.17) is 14.2 Å². The first-order chi connectivity index (χ1) is 22.7. The van der Waals surface area contributed by atoms with Gasteiger partial charge in [-0.1, -0.05) is 209 Å². The van der Waals surface area contributed by atoms with Crippen LogP contribution in [0.1, 0.15) is 236 Å². The third-order valence-electron chi connectivity index (χ3n) is 12.2. The first kappa shape index (κ1) is 62.1. The maximum atomic E-state index is 5.39. The maximum absolute atomic E-state index is 5.39. The van der Waals surface area contributed by atoms with Gasteiger partial charge in [-0.3, -0.25) is 0 Å². The molecule has 0 radical (unpaired) electrons. The Morgan fingerprint density at radius 1 is 0.226 bits per heavy atom. The third kappa shape index (κ3) is 36.0. The van der Waals surface area contributed by atoms with Crippen molar-refractivity contribution in [3.05, 3.63) is 0 Å². The zero-order chi connectivity index (χ0) is 35.9. The second-order valence-corrected chi connectivity index (χ2v) is 18.6. The van der Waals surface area contributed by atoms with Gasteiger partial charge in [-0.25, -0.2) is 0 Å². The first-order valence-corrected chi connectivity index (χ1v) is 21.6. The highest BCUT2D eigenvalue weighted by Crippen LogP contribution is 2.29. The predicted octanol–water partition coefficient (Wildman–Crippen LogP) is 17.3. The van der Waals surface area contributed by atoms with Gasteiger partial charge in [0.05, 0.1) is 19.3 Å². The molecular weight excluding hydrogens is 649 g/mol. The molecule has 4 aliphatic carbocycles. The van der Waals surface area contributed by atoms with Gasteiger partial charge in [-0.05, 0) is 80.0 Å². The Morgan fingerprint density at radius 3 is 0.566 bits per heavy atom. The van der Waals surface area contributed by atoms with Crippen molar-refractivity contribution in [1.82, 2.24) is 0 Å². The summed E-state index contributed by atoms with van der Waals surface area (Å²) in [6.07, 6.45) is 26.7. The Hall–Kier alpha value is -0.120. The van der Waals surface area contributed by atoms with E-state index in [1.54, 1.807) is 0 Å². The molecule has 2 heterocycles. The van der Waals surface area contributed by atoms with Gasteiger partial charge in [0.15, 0.2) is 6.29 Å². The molecule has 0 amide bonds. The highest BCUT2D eigenvalue weighted by molar-refractivity contribution is 4.68. The minimum absolute atomic E-state index is 0. The molecule has 4 saturated carbocycles. The van der Waals surface area contributed by atoms with Crippen molar-refractivity contribution >= 4 is 0 Å². The van der Waals surface area contributed by atoms with Crippen molar-refractivity contribution in [1.29, 1.82) is 0 Å². The quantitative estimate of drug-likeness (QED) is 0.246. The van der Waals surface area contributed by atoms with Crippen LogP contribution in [-0.2, 0) is 14.2 Å². The van der Waals surface area contributed by atoms with Crippen molar-refractivity contribution in [2.45, 2.75) is 248 Å². The Balaban J connectivity index is -0.000000171. The average molecular weight is 759 g/mol. The minimum atomic E-state index is 0. The van der Waals surface area contributed by atoms with Crippen molar-refractivity contribution in [2.75, 3.05) is 19.8 Å². The zero-order valence-corrected chi connectivity index (χ0v) is 35.0. The summed E-state index contributed by atoms with van der Waals surface area (Å²) in [4.78, 5) is 0. The number of rotatable bonds is 0. The van der Waals surface area contributed by atoms with Crippen LogP contribution in [0.15, 0.2) is 0 Å². The zero-order valence-electron chi connectivity index (χ0n) is 35.0. The minimum Gasteiger partial charge on any atom is -0.378 e. The largest absolute Gasteiger partial charge is 0.378 e. The number of ether oxygens (including phenoxy) is 3. The van der Waals surface area contributed by atoms with E-state index >= 15 is 0 Å². The van der Waals surface area contributed by atoms with Crippen molar-refractivity contribution in [3.63, 3.8) is 0 Å². The molecule has 0 aromatic carbocycles. The van der Waals surface area contributed by atoms with Crippen LogP contribution in [0.4, 0.5) is 0 Å². The van der Waals surface area contributed by atoms with Crippen LogP contribution in [0.2, 0.25) is 0 Å². The fourth-order valence-corrected chi connectivity index (χ4v) is 7.42. The van der Waals surface area contributed by atoms with Gasteiger partial charge in [0.2, 0.25) is 0 Å². The third-order valence-corrected chi connectivity index (χ3v) is 12.2. The van der Waals surface area contributed by atoms with Crippen molar-refractivity contribution < 1.29 is 14.2 Å². The van der Waals surface area contributed by atoms with E-state index in [9.17, 15) is 0 Å². The second kappa shape index (κ2) is 37.5. The highest BCUT2D eigenvalue weighted by Gasteiger charge is 2.16. The normalized spacial score (nSPS) is 36.0. The van der Waals surface area contributed by atoms with Gasteiger partial charge in [0.1, 0.15) is 0 Å². The lowest BCUT2D eigenvalue weighted by atomic mass is 9.84. The molecule has 0 N–H and O–H groups in total. The maximum Gasteiger partial charge on any atom is 0.154 e. The van der Waals surface area contributed by atoms with Gasteiger partial charge in [-0.2, -0.15) is 0 Å². The molecular formula is C50H110O3. The van der Waals surface area contributed by atoms with Crippen LogP contribution in [0.25, 0.3) is 0 Å². The summed E-state index contributed by atoms with van der Waals surface area (Å²) in [6.45, 7) is 30.0. The average Bonchev–Trinajstić information content (AvgIpc) is 3.07. The van der Waals surface area contributed by atoms with Crippen LogP contribution in [0.3, 0.4) is 0 Å². The smallest absolute Gasteiger partial charge is 0.154 e. The summed E-state index contributed by atoms with van der Waals surface area (Å²) in [7, 11) is 0. The van der Waals surface area contributed by atoms with Gasteiger partial charge in [0.25, 0.3) is 0 Å². The van der Waals surface area contributed by atoms with E-state index in [0.717, 1.165) is 73.1 Å². The molecule has 6 aliphatic rings. The van der Waals surface area contributed by atoms with E-state index in [1.807, 2.05) is 6.92 Å². The molecule has 0 spiro atoms. The standard InChI is InChI=1S/4C8H16.C7H14O.C6H12O2.5CH4/c4*1-7-3-5-8(2)6-4-7;1-6-3-4-7(2)8-5-6;1-5-3-7-6(2)8-4-5;;;;;/h4*7-8H,3-6H2,1-2H3;6-7H,3-5H2,1-2H3;5-6H,3-4H2,1-2H3;5*1H4. The van der Waals surface area contributed by atoms with Crippen LogP contribution in [-0.4, -0.2) is 32.2 Å². The molecule has 2 aliphatic heterocycles. The summed E-state index contributed by atoms with van der Waals surface area (Å²) in [5.74, 6) is 9.53. The van der Waals surface area contributed by atoms with Crippen LogP contribution >= 0.6 is 0 Å². The summed E-state index contributed by atoms with van der Waals surface area (Å²) in [5.41, 5.74) is 0. The van der Waals surface area contributed by atoms with E-state index in [0.29, 0.717) is 12.0 Å². The second-order valence-electron chi connectivity index (χ2n) is 18.6. The van der Waals surface area contributed by atoms with Crippen LogP contribution in [0, 0.1) is 59.2 Å². The van der Waals surface area contributed by atoms with Crippen LogP contribution in [0.5, 0.6) is 0 Å². The Kier molecular flexibility index (Phi) is 43.9. The lowest BCUT2D eigenvalue weighted by Crippen LogP contribution is -2.27. The fraction of sp³-hybridized carbons (Fsp3) is 1.00. The van der Waals surface area contributed by atoms with Gasteiger partial charge < -0.3 is 14.2 Å². The lowest BCUT2D eigenvalue weighted by molar-refractivity contribution is -0.187. The van der Waals surface area contributed by atoms with Gasteiger partial charge in [0, 0.05) is 12.5 Å². The van der Waals surface area contributed by atoms with Gasteiger partial charge in [-0.15, -0.1) is 0 Å². The van der Waals surface area contributed by atoms with Crippen molar-refractivity contribution in [2.24, 2.45) is 59.2 Å². The van der Waals surface area contributed by atoms with E-state index in [-0.39, 0.29) is 43.4 Å². The number of hydrogen-bond acceptors (Lipinski definition) is 3. The molecule has 2 atom stereocenters.